The smallest absolute Gasteiger partial charge is 0.233 e. The molecule has 0 bridgehead atoms. The van der Waals surface area contributed by atoms with Gasteiger partial charge in [0.15, 0.2) is 0 Å². The summed E-state index contributed by atoms with van der Waals surface area (Å²) in [5.41, 5.74) is 2.85. The maximum absolute atomic E-state index is 5.48. The second-order valence-electron chi connectivity index (χ2n) is 7.13. The highest BCUT2D eigenvalue weighted by atomic mass is 32.1. The van der Waals surface area contributed by atoms with Gasteiger partial charge >= 0.3 is 0 Å². The first-order valence-electron chi connectivity index (χ1n) is 10.0. The summed E-state index contributed by atoms with van der Waals surface area (Å²) in [5.74, 6) is 0.872. The van der Waals surface area contributed by atoms with Crippen molar-refractivity contribution in [3.05, 3.63) is 112 Å². The van der Waals surface area contributed by atoms with Crippen LogP contribution in [0.2, 0.25) is 0 Å². The molecule has 0 aliphatic carbocycles. The minimum atomic E-state index is 0.618. The highest BCUT2D eigenvalue weighted by Gasteiger charge is 2.09. The highest BCUT2D eigenvalue weighted by Crippen LogP contribution is 2.16. The molecule has 0 saturated heterocycles. The quantitative estimate of drug-likeness (QED) is 0.273. The monoisotopic (exact) mass is 424 g/mol. The number of fused-ring (bicyclic) bond motifs is 1. The molecule has 2 heterocycles. The summed E-state index contributed by atoms with van der Waals surface area (Å²) in [7, 11) is 0. The Labute approximate surface area is 183 Å². The molecule has 152 valence electrons. The van der Waals surface area contributed by atoms with Gasteiger partial charge in [0, 0.05) is 0 Å². The molecule has 0 saturated carbocycles. The van der Waals surface area contributed by atoms with Crippen LogP contribution in [0, 0.1) is 0 Å². The van der Waals surface area contributed by atoms with Crippen LogP contribution in [-0.4, -0.2) is 15.5 Å². The summed E-state index contributed by atoms with van der Waals surface area (Å²) in [6, 6.07) is 28.5. The van der Waals surface area contributed by atoms with Crippen molar-refractivity contribution in [2.24, 2.45) is 10.2 Å². The van der Waals surface area contributed by atoms with Crippen molar-refractivity contribution in [1.29, 1.82) is 0 Å². The first-order valence-corrected chi connectivity index (χ1v) is 10.8. The number of nitrogens with zero attached hydrogens (tertiary/aromatic N) is 4. The molecule has 5 nitrogen and oxygen atoms in total. The van der Waals surface area contributed by atoms with Gasteiger partial charge in [0.1, 0.15) is 10.8 Å². The molecule has 0 fully saturated rings. The van der Waals surface area contributed by atoms with E-state index in [2.05, 4.69) is 40.5 Å². The van der Waals surface area contributed by atoms with Crippen molar-refractivity contribution in [2.75, 3.05) is 0 Å². The van der Waals surface area contributed by atoms with E-state index >= 15 is 0 Å². The first-order chi connectivity index (χ1) is 15.3. The molecule has 0 aliphatic rings. The number of benzene rings is 3. The van der Waals surface area contributed by atoms with Gasteiger partial charge in [-0.1, -0.05) is 65.9 Å². The normalized spacial score (nSPS) is 12.5. The van der Waals surface area contributed by atoms with Gasteiger partial charge in [0.25, 0.3) is 0 Å². The predicted molar refractivity (Wildman–Crippen MR) is 125 cm³/mol. The Morgan fingerprint density at radius 2 is 1.74 bits per heavy atom. The summed E-state index contributed by atoms with van der Waals surface area (Å²) < 4.78 is 7.32. The zero-order valence-electron chi connectivity index (χ0n) is 17.0. The van der Waals surface area contributed by atoms with Gasteiger partial charge in [-0.05, 0) is 53.6 Å². The van der Waals surface area contributed by atoms with Crippen LogP contribution < -0.4 is 4.80 Å². The Kier molecular flexibility index (Phi) is 5.29. The van der Waals surface area contributed by atoms with E-state index in [0.717, 1.165) is 27.7 Å². The molecule has 3 aromatic carbocycles. The molecule has 0 unspecified atom stereocenters. The third-order valence-electron chi connectivity index (χ3n) is 4.96. The van der Waals surface area contributed by atoms with Gasteiger partial charge < -0.3 is 4.42 Å². The van der Waals surface area contributed by atoms with Crippen LogP contribution >= 0.6 is 11.3 Å². The standard InChI is InChI=1S/C25H20N4OS/c1-18(20-14-13-19-8-5-6-9-21(19)16-20)26-27-25-29(22-10-3-2-4-11-22)28-24(31-25)17-23-12-7-15-30-23/h2-16H,17H2,1H3/b26-18+,27-25+. The summed E-state index contributed by atoms with van der Waals surface area (Å²) in [6.45, 7) is 1.98. The van der Waals surface area contributed by atoms with Crippen LogP contribution in [0.3, 0.4) is 0 Å². The predicted octanol–water partition coefficient (Wildman–Crippen LogP) is 5.60. The lowest BCUT2D eigenvalue weighted by atomic mass is 10.0. The molecule has 0 aliphatic heterocycles. The van der Waals surface area contributed by atoms with Crippen LogP contribution in [0.5, 0.6) is 0 Å². The van der Waals surface area contributed by atoms with Crippen molar-refractivity contribution in [3.63, 3.8) is 0 Å². The molecule has 0 atom stereocenters. The molecule has 5 rings (SSSR count). The summed E-state index contributed by atoms with van der Waals surface area (Å²) in [5, 5.41) is 17.2. The van der Waals surface area contributed by atoms with E-state index in [0.29, 0.717) is 11.2 Å². The van der Waals surface area contributed by atoms with E-state index in [4.69, 9.17) is 9.52 Å². The Morgan fingerprint density at radius 3 is 2.55 bits per heavy atom. The molecule has 6 heteroatoms. The van der Waals surface area contributed by atoms with Gasteiger partial charge in [0.2, 0.25) is 4.80 Å². The topological polar surface area (TPSA) is 55.7 Å². The Hall–Kier alpha value is -3.77. The third kappa shape index (κ3) is 4.25. The van der Waals surface area contributed by atoms with E-state index < -0.39 is 0 Å². The molecule has 2 aromatic heterocycles. The lowest BCUT2D eigenvalue weighted by Crippen LogP contribution is -2.14. The third-order valence-corrected chi connectivity index (χ3v) is 5.86. The van der Waals surface area contributed by atoms with E-state index in [1.807, 2.05) is 66.2 Å². The second kappa shape index (κ2) is 8.53. The molecule has 0 spiro atoms. The number of para-hydroxylation sites is 1. The van der Waals surface area contributed by atoms with Crippen molar-refractivity contribution in [1.82, 2.24) is 9.78 Å². The molecule has 0 amide bonds. The van der Waals surface area contributed by atoms with Gasteiger partial charge in [-0.15, -0.1) is 5.10 Å². The van der Waals surface area contributed by atoms with Gasteiger partial charge in [-0.25, -0.2) is 4.68 Å². The fraction of sp³-hybridized carbons (Fsp3) is 0.0800. The molecule has 5 aromatic rings. The van der Waals surface area contributed by atoms with Crippen LogP contribution in [0.15, 0.2) is 106 Å². The number of hydrogen-bond acceptors (Lipinski definition) is 5. The highest BCUT2D eigenvalue weighted by molar-refractivity contribution is 7.08. The largest absolute Gasteiger partial charge is 0.469 e. The van der Waals surface area contributed by atoms with Gasteiger partial charge in [-0.2, -0.15) is 10.2 Å². The maximum Gasteiger partial charge on any atom is 0.233 e. The zero-order chi connectivity index (χ0) is 21.0. The van der Waals surface area contributed by atoms with Crippen molar-refractivity contribution in [3.8, 4) is 5.69 Å². The number of hydrogen-bond donors (Lipinski definition) is 0. The summed E-state index contributed by atoms with van der Waals surface area (Å²) in [6.07, 6.45) is 2.30. The molecular formula is C25H20N4OS. The Balaban J connectivity index is 1.54. The minimum Gasteiger partial charge on any atom is -0.469 e. The van der Waals surface area contributed by atoms with Crippen molar-refractivity contribution >= 4 is 27.8 Å². The fourth-order valence-corrected chi connectivity index (χ4v) is 4.21. The Morgan fingerprint density at radius 1 is 0.935 bits per heavy atom. The number of rotatable bonds is 5. The van der Waals surface area contributed by atoms with E-state index in [-0.39, 0.29) is 0 Å². The number of aromatic nitrogens is 2. The lowest BCUT2D eigenvalue weighted by Gasteiger charge is -2.02. The van der Waals surface area contributed by atoms with Crippen molar-refractivity contribution < 1.29 is 4.42 Å². The van der Waals surface area contributed by atoms with Gasteiger partial charge in [-0.3, -0.25) is 0 Å². The minimum absolute atomic E-state index is 0.618. The second-order valence-corrected chi connectivity index (χ2v) is 8.17. The zero-order valence-corrected chi connectivity index (χ0v) is 17.8. The average Bonchev–Trinajstić information content (AvgIpc) is 3.48. The van der Waals surface area contributed by atoms with Crippen LogP contribution in [-0.2, 0) is 6.42 Å². The molecule has 0 N–H and O–H groups in total. The molecule has 0 radical (unpaired) electrons. The first kappa shape index (κ1) is 19.2. The summed E-state index contributed by atoms with van der Waals surface area (Å²) in [4.78, 5) is 0.716. The fourth-order valence-electron chi connectivity index (χ4n) is 3.35. The average molecular weight is 425 g/mol. The SMILES string of the molecule is C/C(=N\N=c1\sc(Cc2ccco2)nn1-c1ccccc1)c1ccc2ccccc2c1. The lowest BCUT2D eigenvalue weighted by molar-refractivity contribution is 0.519. The van der Waals surface area contributed by atoms with Crippen LogP contribution in [0.1, 0.15) is 23.3 Å². The van der Waals surface area contributed by atoms with E-state index in [9.17, 15) is 0 Å². The molecule has 31 heavy (non-hydrogen) atoms. The maximum atomic E-state index is 5.48. The van der Waals surface area contributed by atoms with Crippen molar-refractivity contribution in [2.45, 2.75) is 13.3 Å². The van der Waals surface area contributed by atoms with Crippen LogP contribution in [0.4, 0.5) is 0 Å². The van der Waals surface area contributed by atoms with E-state index in [1.165, 1.54) is 22.1 Å². The Bertz CT molecular complexity index is 1410. The summed E-state index contributed by atoms with van der Waals surface area (Å²) >= 11 is 1.51. The van der Waals surface area contributed by atoms with Crippen LogP contribution in [0.25, 0.3) is 16.5 Å². The van der Waals surface area contributed by atoms with Gasteiger partial charge in [0.05, 0.1) is 24.1 Å². The molecular weight excluding hydrogens is 404 g/mol. The van der Waals surface area contributed by atoms with E-state index in [1.54, 1.807) is 6.26 Å². The number of furan rings is 1.